The van der Waals surface area contributed by atoms with Gasteiger partial charge in [-0.1, -0.05) is 13.3 Å². The summed E-state index contributed by atoms with van der Waals surface area (Å²) in [6, 6.07) is -0.185. The van der Waals surface area contributed by atoms with Crippen LogP contribution in [0.15, 0.2) is 12.3 Å². The maximum absolute atomic E-state index is 12.2. The van der Waals surface area contributed by atoms with E-state index in [1.165, 1.54) is 4.90 Å². The monoisotopic (exact) mass is 329 g/mol. The number of unbranched alkanes of at least 4 members (excludes halogenated alkanes) is 1. The van der Waals surface area contributed by atoms with Crippen LogP contribution in [0.3, 0.4) is 0 Å². The van der Waals surface area contributed by atoms with E-state index < -0.39 is 6.23 Å². The zero-order chi connectivity index (χ0) is 17.2. The van der Waals surface area contributed by atoms with Crippen molar-refractivity contribution < 1.29 is 19.0 Å². The van der Waals surface area contributed by atoms with Crippen LogP contribution in [0.1, 0.15) is 33.6 Å². The highest BCUT2D eigenvalue weighted by atomic mass is 16.6. The molecule has 0 aliphatic carbocycles. The largest absolute Gasteiger partial charge is 0.382 e. The van der Waals surface area contributed by atoms with Crippen LogP contribution >= 0.6 is 0 Å². The molecule has 1 aliphatic heterocycles. The number of nitrogens with one attached hydrogen (secondary N) is 2. The van der Waals surface area contributed by atoms with Gasteiger partial charge >= 0.3 is 6.03 Å². The van der Waals surface area contributed by atoms with Crippen LogP contribution in [0.2, 0.25) is 0 Å². The number of carbonyl (C=O) groups excluding carboxylic acids is 1. The average Bonchev–Trinajstić information content (AvgIpc) is 2.54. The van der Waals surface area contributed by atoms with Gasteiger partial charge in [0.1, 0.15) is 18.5 Å². The van der Waals surface area contributed by atoms with Crippen LogP contribution in [0, 0.1) is 0 Å². The summed E-state index contributed by atoms with van der Waals surface area (Å²) < 4.78 is 16.4. The second-order valence-electron chi connectivity index (χ2n) is 5.65. The smallest absolute Gasteiger partial charge is 0.324 e. The number of rotatable bonds is 11. The molecular weight excluding hydrogens is 298 g/mol. The van der Waals surface area contributed by atoms with Gasteiger partial charge in [-0.2, -0.15) is 0 Å². The Morgan fingerprint density at radius 1 is 1.39 bits per heavy atom. The quantitative estimate of drug-likeness (QED) is 0.564. The van der Waals surface area contributed by atoms with Crippen molar-refractivity contribution in [2.24, 2.45) is 0 Å². The van der Waals surface area contributed by atoms with Gasteiger partial charge in [0.2, 0.25) is 0 Å². The molecule has 4 unspecified atom stereocenters. The predicted molar refractivity (Wildman–Crippen MR) is 88.9 cm³/mol. The van der Waals surface area contributed by atoms with E-state index in [-0.39, 0.29) is 24.4 Å². The van der Waals surface area contributed by atoms with E-state index in [0.717, 1.165) is 19.4 Å². The lowest BCUT2D eigenvalue weighted by molar-refractivity contribution is -0.130. The summed E-state index contributed by atoms with van der Waals surface area (Å²) in [5, 5.41) is 6.18. The normalized spacial score (nSPS) is 21.9. The molecule has 0 aromatic heterocycles. The zero-order valence-corrected chi connectivity index (χ0v) is 14.9. The van der Waals surface area contributed by atoms with Gasteiger partial charge in [0.05, 0.1) is 12.7 Å². The molecule has 134 valence electrons. The molecule has 4 atom stereocenters. The van der Waals surface area contributed by atoms with Crippen LogP contribution in [-0.4, -0.2) is 62.9 Å². The maximum atomic E-state index is 12.2. The van der Waals surface area contributed by atoms with Crippen LogP contribution < -0.4 is 10.6 Å². The SMILES string of the molecule is CCCCNC1C=CN(C(C)OC(COC)C(C)OC)C(=O)N1. The molecule has 0 bridgehead atoms. The topological polar surface area (TPSA) is 72.1 Å². The number of nitrogens with zero attached hydrogens (tertiary/aromatic N) is 1. The van der Waals surface area contributed by atoms with E-state index in [1.807, 2.05) is 19.9 Å². The van der Waals surface area contributed by atoms with Gasteiger partial charge in [-0.15, -0.1) is 0 Å². The fraction of sp³-hybridized carbons (Fsp3) is 0.812. The average molecular weight is 329 g/mol. The fourth-order valence-electron chi connectivity index (χ4n) is 2.26. The number of urea groups is 1. The highest BCUT2D eigenvalue weighted by molar-refractivity contribution is 5.77. The van der Waals surface area contributed by atoms with E-state index in [1.54, 1.807) is 20.4 Å². The molecule has 1 rings (SSSR count). The molecule has 7 nitrogen and oxygen atoms in total. The van der Waals surface area contributed by atoms with Crippen LogP contribution in [-0.2, 0) is 14.2 Å². The fourth-order valence-corrected chi connectivity index (χ4v) is 2.26. The number of methoxy groups -OCH3 is 2. The van der Waals surface area contributed by atoms with Gasteiger partial charge in [-0.05, 0) is 32.9 Å². The first-order chi connectivity index (χ1) is 11.0. The first kappa shape index (κ1) is 19.9. The number of amides is 2. The summed E-state index contributed by atoms with van der Waals surface area (Å²) in [5.74, 6) is 0. The highest BCUT2D eigenvalue weighted by Crippen LogP contribution is 2.13. The predicted octanol–water partition coefficient (Wildman–Crippen LogP) is 1.65. The first-order valence-corrected chi connectivity index (χ1v) is 8.21. The summed E-state index contributed by atoms with van der Waals surface area (Å²) in [6.45, 7) is 7.16. The number of ether oxygens (including phenoxy) is 3. The Kier molecular flexibility index (Phi) is 9.16. The van der Waals surface area contributed by atoms with Gasteiger partial charge in [-0.3, -0.25) is 10.2 Å². The molecular formula is C16H31N3O4. The van der Waals surface area contributed by atoms with E-state index in [2.05, 4.69) is 17.6 Å². The van der Waals surface area contributed by atoms with Crippen LogP contribution in [0.5, 0.6) is 0 Å². The Hall–Kier alpha value is -1.15. The van der Waals surface area contributed by atoms with E-state index in [4.69, 9.17) is 14.2 Å². The molecule has 23 heavy (non-hydrogen) atoms. The third-order valence-corrected chi connectivity index (χ3v) is 3.84. The number of hydrogen-bond acceptors (Lipinski definition) is 5. The molecule has 1 heterocycles. The molecule has 0 aromatic carbocycles. The third-order valence-electron chi connectivity index (χ3n) is 3.84. The molecule has 7 heteroatoms. The minimum absolute atomic E-state index is 0.127. The van der Waals surface area contributed by atoms with E-state index >= 15 is 0 Å². The Morgan fingerprint density at radius 2 is 2.13 bits per heavy atom. The summed E-state index contributed by atoms with van der Waals surface area (Å²) in [4.78, 5) is 13.8. The summed E-state index contributed by atoms with van der Waals surface area (Å²) in [5.41, 5.74) is 0. The van der Waals surface area contributed by atoms with E-state index in [9.17, 15) is 4.79 Å². The van der Waals surface area contributed by atoms with E-state index in [0.29, 0.717) is 6.61 Å². The van der Waals surface area contributed by atoms with Crippen LogP contribution in [0.25, 0.3) is 0 Å². The molecule has 0 saturated heterocycles. The summed E-state index contributed by atoms with van der Waals surface area (Å²) in [6.07, 6.45) is 4.95. The Labute approximate surface area is 139 Å². The molecule has 0 saturated carbocycles. The summed E-state index contributed by atoms with van der Waals surface area (Å²) in [7, 11) is 3.24. The Bertz CT molecular complexity index is 378. The van der Waals surface area contributed by atoms with Crippen molar-refractivity contribution in [3.63, 3.8) is 0 Å². The second kappa shape index (κ2) is 10.6. The van der Waals surface area contributed by atoms with Crippen molar-refractivity contribution in [1.29, 1.82) is 0 Å². The first-order valence-electron chi connectivity index (χ1n) is 8.21. The lowest BCUT2D eigenvalue weighted by Gasteiger charge is -2.34. The van der Waals surface area contributed by atoms with Crippen molar-refractivity contribution in [3.05, 3.63) is 12.3 Å². The van der Waals surface area contributed by atoms with Crippen molar-refractivity contribution in [2.75, 3.05) is 27.4 Å². The number of hydrogen-bond donors (Lipinski definition) is 2. The standard InChI is InChI=1S/C16H31N3O4/c1-6-7-9-17-15-8-10-19(16(20)18-15)13(3)23-14(11-21-4)12(2)22-5/h8,10,12-15,17H,6-7,9,11H2,1-5H3,(H,18,20). The van der Waals surface area contributed by atoms with Gasteiger partial charge < -0.3 is 19.5 Å². The molecule has 2 N–H and O–H groups in total. The molecule has 0 radical (unpaired) electrons. The minimum Gasteiger partial charge on any atom is -0.382 e. The Balaban J connectivity index is 2.56. The number of carbonyl (C=O) groups is 1. The maximum Gasteiger partial charge on any atom is 0.324 e. The lowest BCUT2D eigenvalue weighted by Crippen LogP contribution is -2.55. The molecule has 0 aromatic rings. The van der Waals surface area contributed by atoms with Gasteiger partial charge in [0.15, 0.2) is 0 Å². The van der Waals surface area contributed by atoms with Crippen molar-refractivity contribution in [3.8, 4) is 0 Å². The molecule has 1 aliphatic rings. The Morgan fingerprint density at radius 3 is 2.70 bits per heavy atom. The van der Waals surface area contributed by atoms with Gasteiger partial charge in [0, 0.05) is 20.4 Å². The third kappa shape index (κ3) is 6.47. The van der Waals surface area contributed by atoms with Crippen molar-refractivity contribution in [1.82, 2.24) is 15.5 Å². The van der Waals surface area contributed by atoms with Gasteiger partial charge in [0.25, 0.3) is 0 Å². The molecule has 0 spiro atoms. The zero-order valence-electron chi connectivity index (χ0n) is 14.9. The molecule has 0 fully saturated rings. The van der Waals surface area contributed by atoms with Crippen LogP contribution in [0.4, 0.5) is 4.79 Å². The van der Waals surface area contributed by atoms with Gasteiger partial charge in [-0.25, -0.2) is 4.79 Å². The van der Waals surface area contributed by atoms with Crippen molar-refractivity contribution >= 4 is 6.03 Å². The minimum atomic E-state index is -0.416. The summed E-state index contributed by atoms with van der Waals surface area (Å²) >= 11 is 0. The second-order valence-corrected chi connectivity index (χ2v) is 5.65. The lowest BCUT2D eigenvalue weighted by atomic mass is 10.2. The highest BCUT2D eigenvalue weighted by Gasteiger charge is 2.28. The molecule has 2 amide bonds. The van der Waals surface area contributed by atoms with Crippen molar-refractivity contribution in [2.45, 2.75) is 58.2 Å².